The van der Waals surface area contributed by atoms with Crippen LogP contribution in [-0.4, -0.2) is 34.8 Å². The smallest absolute Gasteiger partial charge is 0.278 e. The van der Waals surface area contributed by atoms with Crippen LogP contribution in [0.25, 0.3) is 5.57 Å². The molecular weight excluding hydrogens is 374 g/mol. The number of rotatable bonds is 8. The van der Waals surface area contributed by atoms with Crippen molar-refractivity contribution < 1.29 is 19.2 Å². The Morgan fingerprint density at radius 1 is 1.00 bits per heavy atom. The minimum atomic E-state index is -0.512. The maximum Gasteiger partial charge on any atom is 0.278 e. The van der Waals surface area contributed by atoms with Crippen LogP contribution in [0.15, 0.2) is 54.2 Å². The minimum Gasteiger partial charge on any atom is -0.494 e. The molecule has 2 aromatic carbocycles. The van der Waals surface area contributed by atoms with Gasteiger partial charge in [0, 0.05) is 24.4 Å². The Kier molecular flexibility index (Phi) is 5.92. The molecule has 0 saturated heterocycles. The molecule has 1 aliphatic heterocycles. The number of nitrogens with zero attached hydrogens (tertiary/aromatic N) is 2. The fourth-order valence-corrected chi connectivity index (χ4v) is 3.08. The quantitative estimate of drug-likeness (QED) is 0.416. The van der Waals surface area contributed by atoms with Crippen molar-refractivity contribution in [2.75, 3.05) is 18.5 Å². The summed E-state index contributed by atoms with van der Waals surface area (Å²) in [5, 5.41) is 14.0. The van der Waals surface area contributed by atoms with Gasteiger partial charge in [0.05, 0.1) is 17.1 Å². The van der Waals surface area contributed by atoms with E-state index in [0.29, 0.717) is 36.6 Å². The van der Waals surface area contributed by atoms with Crippen LogP contribution in [0.5, 0.6) is 5.75 Å². The highest BCUT2D eigenvalue weighted by molar-refractivity contribution is 6.36. The third-order valence-corrected chi connectivity index (χ3v) is 4.42. The molecule has 3 rings (SSSR count). The number of carbonyl (C=O) groups is 2. The van der Waals surface area contributed by atoms with Crippen molar-refractivity contribution in [3.05, 3.63) is 69.9 Å². The molecule has 0 unspecified atom stereocenters. The number of non-ortho nitro benzene ring substituents is 1. The number of imide groups is 1. The molecule has 8 heteroatoms. The van der Waals surface area contributed by atoms with Crippen LogP contribution in [0.2, 0.25) is 0 Å². The van der Waals surface area contributed by atoms with Crippen molar-refractivity contribution in [2.24, 2.45) is 0 Å². The number of anilines is 1. The maximum absolute atomic E-state index is 12.9. The predicted molar refractivity (Wildman–Crippen MR) is 108 cm³/mol. The monoisotopic (exact) mass is 395 g/mol. The molecule has 0 aliphatic carbocycles. The SMILES string of the molecule is CCCN1C(=O)C(Nc2ccc(OCC)cc2)=C(c2ccc([N+](=O)[O-])cc2)C1=O. The van der Waals surface area contributed by atoms with Crippen LogP contribution in [0.4, 0.5) is 11.4 Å². The normalized spacial score (nSPS) is 13.8. The fraction of sp³-hybridized carbons (Fsp3) is 0.238. The Morgan fingerprint density at radius 3 is 2.21 bits per heavy atom. The molecule has 2 amide bonds. The Bertz CT molecular complexity index is 965. The van der Waals surface area contributed by atoms with E-state index in [-0.39, 0.29) is 17.0 Å². The highest BCUT2D eigenvalue weighted by Crippen LogP contribution is 2.31. The molecule has 0 aromatic heterocycles. The number of nitro groups is 1. The number of hydrogen-bond donors (Lipinski definition) is 1. The Hall–Kier alpha value is -3.68. The molecule has 0 bridgehead atoms. The molecule has 1 heterocycles. The summed E-state index contributed by atoms with van der Waals surface area (Å²) in [6.45, 7) is 4.60. The lowest BCUT2D eigenvalue weighted by molar-refractivity contribution is -0.384. The van der Waals surface area contributed by atoms with Crippen molar-refractivity contribution in [3.8, 4) is 5.75 Å². The molecule has 150 valence electrons. The second-order valence-corrected chi connectivity index (χ2v) is 6.40. The molecule has 0 fully saturated rings. The van der Waals surface area contributed by atoms with Crippen LogP contribution < -0.4 is 10.1 Å². The average molecular weight is 395 g/mol. The predicted octanol–water partition coefficient (Wildman–Crippen LogP) is 3.60. The zero-order valence-corrected chi connectivity index (χ0v) is 16.2. The lowest BCUT2D eigenvalue weighted by Crippen LogP contribution is -2.33. The van der Waals surface area contributed by atoms with Gasteiger partial charge < -0.3 is 10.1 Å². The van der Waals surface area contributed by atoms with E-state index < -0.39 is 16.7 Å². The Balaban J connectivity index is 1.99. The Morgan fingerprint density at radius 2 is 1.66 bits per heavy atom. The molecular formula is C21H21N3O5. The second-order valence-electron chi connectivity index (χ2n) is 6.40. The molecule has 1 N–H and O–H groups in total. The first-order valence-corrected chi connectivity index (χ1v) is 9.31. The van der Waals surface area contributed by atoms with Crippen LogP contribution in [0.1, 0.15) is 25.8 Å². The molecule has 29 heavy (non-hydrogen) atoms. The molecule has 0 atom stereocenters. The van der Waals surface area contributed by atoms with E-state index in [1.807, 2.05) is 13.8 Å². The van der Waals surface area contributed by atoms with Crippen molar-refractivity contribution in [1.29, 1.82) is 0 Å². The van der Waals surface area contributed by atoms with Gasteiger partial charge in [0.15, 0.2) is 0 Å². The van der Waals surface area contributed by atoms with Crippen molar-refractivity contribution in [1.82, 2.24) is 4.90 Å². The number of ether oxygens (including phenoxy) is 1. The van der Waals surface area contributed by atoms with Gasteiger partial charge in [0.1, 0.15) is 11.4 Å². The van der Waals surface area contributed by atoms with Gasteiger partial charge in [-0.15, -0.1) is 0 Å². The highest BCUT2D eigenvalue weighted by Gasteiger charge is 2.38. The topological polar surface area (TPSA) is 102 Å². The number of hydrogen-bond acceptors (Lipinski definition) is 6. The number of benzene rings is 2. The summed E-state index contributed by atoms with van der Waals surface area (Å²) >= 11 is 0. The average Bonchev–Trinajstić information content (AvgIpc) is 2.94. The minimum absolute atomic E-state index is 0.0856. The summed E-state index contributed by atoms with van der Waals surface area (Å²) in [7, 11) is 0. The summed E-state index contributed by atoms with van der Waals surface area (Å²) in [5.74, 6) is -0.137. The van der Waals surface area contributed by atoms with Gasteiger partial charge in [-0.05, 0) is 55.3 Å². The lowest BCUT2D eigenvalue weighted by atomic mass is 10.0. The molecule has 0 spiro atoms. The van der Waals surface area contributed by atoms with E-state index in [4.69, 9.17) is 4.74 Å². The first-order valence-electron chi connectivity index (χ1n) is 9.31. The summed E-state index contributed by atoms with van der Waals surface area (Å²) in [6, 6.07) is 12.6. The number of amides is 2. The van der Waals surface area contributed by atoms with Gasteiger partial charge in [-0.1, -0.05) is 6.92 Å². The third-order valence-electron chi connectivity index (χ3n) is 4.42. The van der Waals surface area contributed by atoms with E-state index in [1.165, 1.54) is 29.2 Å². The standard InChI is InChI=1S/C21H21N3O5/c1-3-13-23-20(25)18(14-5-9-16(10-6-14)24(27)28)19(21(23)26)22-15-7-11-17(12-8-15)29-4-2/h5-12,22H,3-4,13H2,1-2H3. The van der Waals surface area contributed by atoms with Crippen molar-refractivity contribution in [3.63, 3.8) is 0 Å². The second kappa shape index (κ2) is 8.55. The van der Waals surface area contributed by atoms with E-state index in [9.17, 15) is 19.7 Å². The first kappa shape index (κ1) is 20.1. The van der Waals surface area contributed by atoms with Crippen molar-refractivity contribution >= 4 is 28.8 Å². The van der Waals surface area contributed by atoms with Gasteiger partial charge in [-0.25, -0.2) is 0 Å². The van der Waals surface area contributed by atoms with Gasteiger partial charge >= 0.3 is 0 Å². The molecule has 1 aliphatic rings. The van der Waals surface area contributed by atoms with Crippen LogP contribution >= 0.6 is 0 Å². The molecule has 0 saturated carbocycles. The van der Waals surface area contributed by atoms with Gasteiger partial charge in [-0.2, -0.15) is 0 Å². The van der Waals surface area contributed by atoms with E-state index >= 15 is 0 Å². The summed E-state index contributed by atoms with van der Waals surface area (Å²) in [5.41, 5.74) is 1.34. The number of nitrogens with one attached hydrogen (secondary N) is 1. The summed E-state index contributed by atoms with van der Waals surface area (Å²) in [6.07, 6.45) is 0.626. The van der Waals surface area contributed by atoms with Crippen LogP contribution in [-0.2, 0) is 9.59 Å². The third kappa shape index (κ3) is 4.11. The maximum atomic E-state index is 12.9. The van der Waals surface area contributed by atoms with Gasteiger partial charge in [0.25, 0.3) is 17.5 Å². The summed E-state index contributed by atoms with van der Waals surface area (Å²) < 4.78 is 5.41. The molecule has 8 nitrogen and oxygen atoms in total. The van der Waals surface area contributed by atoms with Crippen LogP contribution in [0.3, 0.4) is 0 Å². The first-order chi connectivity index (χ1) is 14.0. The zero-order chi connectivity index (χ0) is 21.0. The zero-order valence-electron chi connectivity index (χ0n) is 16.2. The van der Waals surface area contributed by atoms with Crippen molar-refractivity contribution in [2.45, 2.75) is 20.3 Å². The fourth-order valence-electron chi connectivity index (χ4n) is 3.08. The van der Waals surface area contributed by atoms with E-state index in [0.717, 1.165) is 0 Å². The number of nitro benzene ring substituents is 1. The van der Waals surface area contributed by atoms with Gasteiger partial charge in [0.2, 0.25) is 0 Å². The largest absolute Gasteiger partial charge is 0.494 e. The molecule has 0 radical (unpaired) electrons. The lowest BCUT2D eigenvalue weighted by Gasteiger charge is -2.14. The summed E-state index contributed by atoms with van der Waals surface area (Å²) in [4.78, 5) is 37.4. The Labute approximate surface area is 167 Å². The van der Waals surface area contributed by atoms with Crippen LogP contribution in [0, 0.1) is 10.1 Å². The van der Waals surface area contributed by atoms with Gasteiger partial charge in [-0.3, -0.25) is 24.6 Å². The molecule has 2 aromatic rings. The van der Waals surface area contributed by atoms with E-state index in [2.05, 4.69) is 5.32 Å². The highest BCUT2D eigenvalue weighted by atomic mass is 16.6. The van der Waals surface area contributed by atoms with E-state index in [1.54, 1.807) is 24.3 Å². The number of carbonyl (C=O) groups excluding carboxylic acids is 2.